The summed E-state index contributed by atoms with van der Waals surface area (Å²) < 4.78 is 0. The van der Waals surface area contributed by atoms with Crippen LogP contribution >= 0.6 is 0 Å². The van der Waals surface area contributed by atoms with E-state index in [-0.39, 0.29) is 0 Å². The first kappa shape index (κ1) is 12.3. The molecule has 17 heavy (non-hydrogen) atoms. The molecule has 1 aromatic heterocycles. The van der Waals surface area contributed by atoms with Gasteiger partial charge in [0.25, 0.3) is 0 Å². The van der Waals surface area contributed by atoms with Gasteiger partial charge in [-0.3, -0.25) is 0 Å². The van der Waals surface area contributed by atoms with Crippen molar-refractivity contribution in [1.82, 2.24) is 15.3 Å². The second kappa shape index (κ2) is 5.45. The van der Waals surface area contributed by atoms with Crippen molar-refractivity contribution in [2.45, 2.75) is 26.2 Å². The summed E-state index contributed by atoms with van der Waals surface area (Å²) in [6, 6.07) is 2.03. The van der Waals surface area contributed by atoms with E-state index >= 15 is 0 Å². The minimum atomic E-state index is 0.744. The molecule has 1 saturated heterocycles. The third-order valence-electron chi connectivity index (χ3n) is 3.28. The van der Waals surface area contributed by atoms with E-state index in [4.69, 9.17) is 0 Å². The Morgan fingerprint density at radius 3 is 2.65 bits per heavy atom. The largest absolute Gasteiger partial charge is 0.363 e. The highest BCUT2D eigenvalue weighted by molar-refractivity contribution is 5.37. The van der Waals surface area contributed by atoms with Crippen molar-refractivity contribution in [3.05, 3.63) is 17.6 Å². The van der Waals surface area contributed by atoms with Crippen LogP contribution in [0.4, 0.5) is 5.82 Å². The molecule has 0 saturated carbocycles. The van der Waals surface area contributed by atoms with Crippen molar-refractivity contribution in [2.24, 2.45) is 5.92 Å². The summed E-state index contributed by atoms with van der Waals surface area (Å²) in [4.78, 5) is 11.2. The fourth-order valence-corrected chi connectivity index (χ4v) is 2.28. The summed E-state index contributed by atoms with van der Waals surface area (Å²) in [6.07, 6.45) is 3.51. The Balaban J connectivity index is 2.09. The Morgan fingerprint density at radius 1 is 1.29 bits per heavy atom. The van der Waals surface area contributed by atoms with Gasteiger partial charge in [0.05, 0.1) is 0 Å². The Kier molecular flexibility index (Phi) is 3.94. The van der Waals surface area contributed by atoms with E-state index in [1.165, 1.54) is 12.8 Å². The van der Waals surface area contributed by atoms with Gasteiger partial charge < -0.3 is 10.2 Å². The number of hydrogen-bond donors (Lipinski definition) is 1. The molecule has 0 aliphatic carbocycles. The van der Waals surface area contributed by atoms with Gasteiger partial charge in [0.2, 0.25) is 0 Å². The van der Waals surface area contributed by atoms with Crippen molar-refractivity contribution in [1.29, 1.82) is 0 Å². The molecule has 2 rings (SSSR count). The van der Waals surface area contributed by atoms with Crippen LogP contribution in [0.1, 0.15) is 24.4 Å². The molecule has 4 heteroatoms. The van der Waals surface area contributed by atoms with Gasteiger partial charge >= 0.3 is 0 Å². The van der Waals surface area contributed by atoms with Gasteiger partial charge in [-0.1, -0.05) is 0 Å². The third-order valence-corrected chi connectivity index (χ3v) is 3.28. The number of aromatic nitrogens is 2. The monoisotopic (exact) mass is 234 g/mol. The lowest BCUT2D eigenvalue weighted by molar-refractivity contribution is 0.367. The lowest BCUT2D eigenvalue weighted by Crippen LogP contribution is -2.29. The molecule has 0 atom stereocenters. The number of hydrogen-bond acceptors (Lipinski definition) is 4. The number of rotatable bonds is 3. The average molecular weight is 234 g/mol. The minimum Gasteiger partial charge on any atom is -0.363 e. The van der Waals surface area contributed by atoms with Crippen LogP contribution in [0.25, 0.3) is 0 Å². The summed E-state index contributed by atoms with van der Waals surface area (Å²) in [7, 11) is 4.05. The number of piperidine rings is 1. The van der Waals surface area contributed by atoms with Crippen LogP contribution in [-0.4, -0.2) is 37.2 Å². The molecular formula is C13H22N4. The van der Waals surface area contributed by atoms with Gasteiger partial charge in [0.15, 0.2) is 0 Å². The number of nitrogens with one attached hydrogen (secondary N) is 1. The normalized spacial score (nSPS) is 17.1. The zero-order valence-electron chi connectivity index (χ0n) is 11.0. The number of anilines is 1. The maximum atomic E-state index is 4.62. The minimum absolute atomic E-state index is 0.744. The number of nitrogens with zero attached hydrogens (tertiary/aromatic N) is 3. The van der Waals surface area contributed by atoms with Crippen molar-refractivity contribution < 1.29 is 0 Å². The fraction of sp³-hybridized carbons (Fsp3) is 0.692. The maximum absolute atomic E-state index is 4.62. The van der Waals surface area contributed by atoms with E-state index < -0.39 is 0 Å². The van der Waals surface area contributed by atoms with E-state index in [9.17, 15) is 0 Å². The van der Waals surface area contributed by atoms with Crippen LogP contribution in [0, 0.1) is 12.8 Å². The lowest BCUT2D eigenvalue weighted by atomic mass is 9.94. The van der Waals surface area contributed by atoms with Gasteiger partial charge in [0.1, 0.15) is 11.6 Å². The van der Waals surface area contributed by atoms with Crippen molar-refractivity contribution in [2.75, 3.05) is 32.1 Å². The van der Waals surface area contributed by atoms with Gasteiger partial charge in [-0.2, -0.15) is 0 Å². The molecule has 2 heterocycles. The molecule has 0 radical (unpaired) electrons. The predicted molar refractivity (Wildman–Crippen MR) is 70.4 cm³/mol. The number of aryl methyl sites for hydroxylation is 1. The quantitative estimate of drug-likeness (QED) is 0.858. The molecule has 94 valence electrons. The van der Waals surface area contributed by atoms with Crippen molar-refractivity contribution >= 4 is 5.82 Å². The zero-order chi connectivity index (χ0) is 12.3. The highest BCUT2D eigenvalue weighted by Gasteiger charge is 2.15. The Bertz CT molecular complexity index is 370. The molecule has 1 aliphatic heterocycles. The molecule has 1 aromatic rings. The summed E-state index contributed by atoms with van der Waals surface area (Å²) in [5.41, 5.74) is 1.06. The SMILES string of the molecule is Cc1cc(N(C)C)nc(CC2CCNCC2)n1. The van der Waals surface area contributed by atoms with Gasteiger partial charge in [-0.05, 0) is 38.8 Å². The molecule has 0 bridgehead atoms. The van der Waals surface area contributed by atoms with Gasteiger partial charge in [0, 0.05) is 32.3 Å². The van der Waals surface area contributed by atoms with Crippen LogP contribution in [0.5, 0.6) is 0 Å². The highest BCUT2D eigenvalue weighted by Crippen LogP contribution is 2.18. The van der Waals surface area contributed by atoms with Crippen LogP contribution in [0.15, 0.2) is 6.07 Å². The van der Waals surface area contributed by atoms with Crippen LogP contribution in [0.3, 0.4) is 0 Å². The summed E-state index contributed by atoms with van der Waals surface area (Å²) >= 11 is 0. The predicted octanol–water partition coefficient (Wildman–Crippen LogP) is 1.39. The first-order chi connectivity index (χ1) is 8.15. The fourth-order valence-electron chi connectivity index (χ4n) is 2.28. The summed E-state index contributed by atoms with van der Waals surface area (Å²) in [6.45, 7) is 4.31. The molecule has 1 fully saturated rings. The van der Waals surface area contributed by atoms with E-state index in [0.29, 0.717) is 0 Å². The third kappa shape index (κ3) is 3.40. The molecule has 1 aliphatic rings. The smallest absolute Gasteiger partial charge is 0.131 e. The molecular weight excluding hydrogens is 212 g/mol. The molecule has 1 N–H and O–H groups in total. The van der Waals surface area contributed by atoms with Crippen LogP contribution in [-0.2, 0) is 6.42 Å². The van der Waals surface area contributed by atoms with Crippen LogP contribution < -0.4 is 10.2 Å². The molecule has 0 amide bonds. The standard InChI is InChI=1S/C13H22N4/c1-10-8-13(17(2)3)16-12(15-10)9-11-4-6-14-7-5-11/h8,11,14H,4-7,9H2,1-3H3. The second-order valence-corrected chi connectivity index (χ2v) is 5.08. The summed E-state index contributed by atoms with van der Waals surface area (Å²) in [5.74, 6) is 2.76. The first-order valence-corrected chi connectivity index (χ1v) is 6.38. The van der Waals surface area contributed by atoms with E-state index in [1.807, 2.05) is 32.0 Å². The van der Waals surface area contributed by atoms with E-state index in [0.717, 1.165) is 42.8 Å². The molecule has 0 unspecified atom stereocenters. The topological polar surface area (TPSA) is 41.1 Å². The molecule has 0 aromatic carbocycles. The van der Waals surface area contributed by atoms with E-state index in [2.05, 4.69) is 15.3 Å². The molecule has 0 spiro atoms. The van der Waals surface area contributed by atoms with Gasteiger partial charge in [-0.25, -0.2) is 9.97 Å². The zero-order valence-corrected chi connectivity index (χ0v) is 11.0. The van der Waals surface area contributed by atoms with E-state index in [1.54, 1.807) is 0 Å². The van der Waals surface area contributed by atoms with Crippen molar-refractivity contribution in [3.8, 4) is 0 Å². The first-order valence-electron chi connectivity index (χ1n) is 6.38. The summed E-state index contributed by atoms with van der Waals surface area (Å²) in [5, 5.41) is 3.39. The molecule has 4 nitrogen and oxygen atoms in total. The highest BCUT2D eigenvalue weighted by atomic mass is 15.1. The Morgan fingerprint density at radius 2 is 2.00 bits per heavy atom. The van der Waals surface area contributed by atoms with Crippen molar-refractivity contribution in [3.63, 3.8) is 0 Å². The Hall–Kier alpha value is -1.16. The lowest BCUT2D eigenvalue weighted by Gasteiger charge is -2.22. The average Bonchev–Trinajstić information content (AvgIpc) is 2.29. The van der Waals surface area contributed by atoms with Crippen LogP contribution in [0.2, 0.25) is 0 Å². The maximum Gasteiger partial charge on any atom is 0.131 e. The Labute approximate surface area is 103 Å². The van der Waals surface area contributed by atoms with Gasteiger partial charge in [-0.15, -0.1) is 0 Å². The second-order valence-electron chi connectivity index (χ2n) is 5.08.